The lowest BCUT2D eigenvalue weighted by Gasteiger charge is -2.14. The topological polar surface area (TPSA) is 30.5 Å². The summed E-state index contributed by atoms with van der Waals surface area (Å²) in [5, 5.41) is 4.16. The zero-order chi connectivity index (χ0) is 13.0. The minimum absolute atomic E-state index is 0. The molecule has 1 N–H and O–H groups in total. The Bertz CT molecular complexity index is 407. The minimum atomic E-state index is 0. The van der Waals surface area contributed by atoms with Gasteiger partial charge >= 0.3 is 0 Å². The van der Waals surface area contributed by atoms with Gasteiger partial charge in [-0.3, -0.25) is 0 Å². The molecule has 0 spiro atoms. The van der Waals surface area contributed by atoms with E-state index in [4.69, 9.17) is 21.1 Å². The van der Waals surface area contributed by atoms with Crippen molar-refractivity contribution in [3.8, 4) is 11.5 Å². The summed E-state index contributed by atoms with van der Waals surface area (Å²) in [7, 11) is 3.22. The summed E-state index contributed by atoms with van der Waals surface area (Å²) in [5.41, 5.74) is 1.13. The van der Waals surface area contributed by atoms with Crippen LogP contribution in [0.2, 0.25) is 5.02 Å². The predicted molar refractivity (Wildman–Crippen MR) is 80.9 cm³/mol. The second-order valence-electron chi connectivity index (χ2n) is 4.68. The van der Waals surface area contributed by atoms with Gasteiger partial charge in [0, 0.05) is 12.6 Å². The molecule has 0 bridgehead atoms. The fraction of sp³-hybridized carbons (Fsp3) is 0.571. The average molecular weight is 306 g/mol. The summed E-state index contributed by atoms with van der Waals surface area (Å²) in [6.07, 6.45) is 5.23. The van der Waals surface area contributed by atoms with Crippen molar-refractivity contribution in [2.45, 2.75) is 38.3 Å². The van der Waals surface area contributed by atoms with Gasteiger partial charge in [-0.25, -0.2) is 0 Å². The summed E-state index contributed by atoms with van der Waals surface area (Å²) in [6.45, 7) is 0.824. The Morgan fingerprint density at radius 2 is 1.89 bits per heavy atom. The molecule has 1 aromatic carbocycles. The Balaban J connectivity index is 0.00000180. The molecular formula is C14H21Cl2NO2. The fourth-order valence-corrected chi connectivity index (χ4v) is 2.78. The molecule has 5 heteroatoms. The van der Waals surface area contributed by atoms with E-state index in [-0.39, 0.29) is 12.4 Å². The molecule has 108 valence electrons. The molecule has 1 saturated carbocycles. The summed E-state index contributed by atoms with van der Waals surface area (Å²) < 4.78 is 10.5. The van der Waals surface area contributed by atoms with Crippen LogP contribution in [0.15, 0.2) is 12.1 Å². The molecule has 0 radical (unpaired) electrons. The molecule has 1 aliphatic rings. The molecule has 19 heavy (non-hydrogen) atoms. The smallest absolute Gasteiger partial charge is 0.179 e. The third-order valence-corrected chi connectivity index (χ3v) is 3.72. The third-order valence-electron chi connectivity index (χ3n) is 3.44. The molecule has 3 nitrogen and oxygen atoms in total. The van der Waals surface area contributed by atoms with Gasteiger partial charge in [0.2, 0.25) is 0 Å². The van der Waals surface area contributed by atoms with Gasteiger partial charge in [-0.2, -0.15) is 0 Å². The summed E-state index contributed by atoms with van der Waals surface area (Å²) >= 11 is 6.18. The van der Waals surface area contributed by atoms with Crippen LogP contribution < -0.4 is 14.8 Å². The Kier molecular flexibility index (Phi) is 6.76. The van der Waals surface area contributed by atoms with Crippen LogP contribution in [-0.4, -0.2) is 20.3 Å². The van der Waals surface area contributed by atoms with Gasteiger partial charge in [-0.15, -0.1) is 12.4 Å². The number of benzene rings is 1. The minimum Gasteiger partial charge on any atom is -0.493 e. The van der Waals surface area contributed by atoms with Gasteiger partial charge in [0.1, 0.15) is 0 Å². The molecule has 0 amide bonds. The fourth-order valence-electron chi connectivity index (χ4n) is 2.47. The molecular weight excluding hydrogens is 285 g/mol. The first kappa shape index (κ1) is 16.4. The zero-order valence-electron chi connectivity index (χ0n) is 11.4. The van der Waals surface area contributed by atoms with Gasteiger partial charge in [-0.05, 0) is 30.5 Å². The highest BCUT2D eigenvalue weighted by Gasteiger charge is 2.15. The van der Waals surface area contributed by atoms with Gasteiger partial charge < -0.3 is 14.8 Å². The highest BCUT2D eigenvalue weighted by molar-refractivity contribution is 6.32. The van der Waals surface area contributed by atoms with E-state index >= 15 is 0 Å². The number of halogens is 2. The van der Waals surface area contributed by atoms with Crippen molar-refractivity contribution in [3.63, 3.8) is 0 Å². The van der Waals surface area contributed by atoms with Crippen molar-refractivity contribution in [2.75, 3.05) is 14.2 Å². The predicted octanol–water partition coefficient (Wildman–Crippen LogP) is 3.81. The second kappa shape index (κ2) is 7.83. The number of hydrogen-bond acceptors (Lipinski definition) is 3. The molecule has 0 unspecified atom stereocenters. The quantitative estimate of drug-likeness (QED) is 0.897. The van der Waals surface area contributed by atoms with E-state index in [0.29, 0.717) is 22.6 Å². The van der Waals surface area contributed by atoms with E-state index in [1.165, 1.54) is 25.7 Å². The molecule has 0 saturated heterocycles. The number of nitrogens with one attached hydrogen (secondary N) is 1. The first-order chi connectivity index (χ1) is 8.74. The molecule has 1 aliphatic carbocycles. The molecule has 0 aliphatic heterocycles. The van der Waals surface area contributed by atoms with Crippen molar-refractivity contribution in [3.05, 3.63) is 22.7 Å². The maximum absolute atomic E-state index is 6.18. The van der Waals surface area contributed by atoms with E-state index in [9.17, 15) is 0 Å². The Labute approximate surface area is 126 Å². The largest absolute Gasteiger partial charge is 0.493 e. The lowest BCUT2D eigenvalue weighted by Crippen LogP contribution is -2.25. The van der Waals surface area contributed by atoms with Crippen molar-refractivity contribution in [1.29, 1.82) is 0 Å². The van der Waals surface area contributed by atoms with Gasteiger partial charge in [0.05, 0.1) is 19.2 Å². The standard InChI is InChI=1S/C14H20ClNO2.ClH/c1-17-13-8-10(7-12(15)14(13)18-2)9-16-11-5-3-4-6-11;/h7-8,11,16H,3-6,9H2,1-2H3;1H. The van der Waals surface area contributed by atoms with Crippen LogP contribution in [0, 0.1) is 0 Å². The zero-order valence-corrected chi connectivity index (χ0v) is 12.9. The third kappa shape index (κ3) is 4.16. The first-order valence-corrected chi connectivity index (χ1v) is 6.76. The molecule has 1 fully saturated rings. The van der Waals surface area contributed by atoms with Crippen molar-refractivity contribution in [2.24, 2.45) is 0 Å². The van der Waals surface area contributed by atoms with E-state index in [1.807, 2.05) is 12.1 Å². The van der Waals surface area contributed by atoms with Crippen LogP contribution in [0.5, 0.6) is 11.5 Å². The maximum Gasteiger partial charge on any atom is 0.179 e. The van der Waals surface area contributed by atoms with Crippen molar-refractivity contribution in [1.82, 2.24) is 5.32 Å². The monoisotopic (exact) mass is 305 g/mol. The molecule has 0 atom stereocenters. The Hall–Kier alpha value is -0.640. The highest BCUT2D eigenvalue weighted by atomic mass is 35.5. The van der Waals surface area contributed by atoms with Gasteiger partial charge in [-0.1, -0.05) is 24.4 Å². The van der Waals surface area contributed by atoms with Crippen LogP contribution in [-0.2, 0) is 6.54 Å². The number of hydrogen-bond donors (Lipinski definition) is 1. The normalized spacial score (nSPS) is 15.1. The number of ether oxygens (including phenoxy) is 2. The average Bonchev–Trinajstić information content (AvgIpc) is 2.88. The van der Waals surface area contributed by atoms with E-state index < -0.39 is 0 Å². The van der Waals surface area contributed by atoms with Gasteiger partial charge in [0.15, 0.2) is 11.5 Å². The van der Waals surface area contributed by atoms with Crippen LogP contribution in [0.25, 0.3) is 0 Å². The molecule has 2 rings (SSSR count). The van der Waals surface area contributed by atoms with Crippen LogP contribution in [0.4, 0.5) is 0 Å². The van der Waals surface area contributed by atoms with E-state index in [2.05, 4.69) is 5.32 Å². The molecule has 0 heterocycles. The van der Waals surface area contributed by atoms with Gasteiger partial charge in [0.25, 0.3) is 0 Å². The number of rotatable bonds is 5. The van der Waals surface area contributed by atoms with Crippen molar-refractivity contribution >= 4 is 24.0 Å². The van der Waals surface area contributed by atoms with Crippen LogP contribution in [0.3, 0.4) is 0 Å². The van der Waals surface area contributed by atoms with E-state index in [1.54, 1.807) is 14.2 Å². The molecule has 0 aromatic heterocycles. The number of methoxy groups -OCH3 is 2. The Morgan fingerprint density at radius 3 is 2.47 bits per heavy atom. The lowest BCUT2D eigenvalue weighted by atomic mass is 10.1. The summed E-state index contributed by atoms with van der Waals surface area (Å²) in [6, 6.07) is 4.56. The van der Waals surface area contributed by atoms with Crippen LogP contribution >= 0.6 is 24.0 Å². The SMILES string of the molecule is COc1cc(CNC2CCCC2)cc(Cl)c1OC.Cl. The van der Waals surface area contributed by atoms with Crippen molar-refractivity contribution < 1.29 is 9.47 Å². The maximum atomic E-state index is 6.18. The molecule has 1 aromatic rings. The lowest BCUT2D eigenvalue weighted by molar-refractivity contribution is 0.354. The van der Waals surface area contributed by atoms with Crippen LogP contribution in [0.1, 0.15) is 31.2 Å². The first-order valence-electron chi connectivity index (χ1n) is 6.38. The second-order valence-corrected chi connectivity index (χ2v) is 5.08. The van der Waals surface area contributed by atoms with E-state index in [0.717, 1.165) is 12.1 Å². The summed E-state index contributed by atoms with van der Waals surface area (Å²) in [5.74, 6) is 1.29. The Morgan fingerprint density at radius 1 is 1.21 bits per heavy atom. The highest BCUT2D eigenvalue weighted by Crippen LogP contribution is 2.36. The summed E-state index contributed by atoms with van der Waals surface area (Å²) in [4.78, 5) is 0.